The van der Waals surface area contributed by atoms with Crippen LogP contribution in [0.4, 0.5) is 4.79 Å². The minimum atomic E-state index is -0.556. The largest absolute Gasteiger partial charge is 0.444 e. The fraction of sp³-hybridized carbons (Fsp3) is 0.556. The number of rotatable bonds is 2. The first-order chi connectivity index (χ1) is 11.1. The Bertz CT molecular complexity index is 700. The van der Waals surface area contributed by atoms with Crippen LogP contribution in [0.2, 0.25) is 10.0 Å². The summed E-state index contributed by atoms with van der Waals surface area (Å²) in [5.41, 5.74) is -0.332. The number of halogens is 2. The average molecular weight is 370 g/mol. The van der Waals surface area contributed by atoms with E-state index in [1.807, 2.05) is 32.9 Å². The summed E-state index contributed by atoms with van der Waals surface area (Å²) in [4.78, 5) is 25.8. The van der Waals surface area contributed by atoms with E-state index < -0.39 is 11.0 Å². The zero-order valence-electron chi connectivity index (χ0n) is 14.1. The molecule has 1 amide bonds. The van der Waals surface area contributed by atoms with Crippen molar-refractivity contribution in [3.8, 4) is 0 Å². The maximum atomic E-state index is 12.3. The lowest BCUT2D eigenvalue weighted by atomic mass is 9.81. The van der Waals surface area contributed by atoms with Crippen LogP contribution < -0.4 is 0 Å². The third-order valence-corrected chi connectivity index (χ3v) is 5.82. The van der Waals surface area contributed by atoms with E-state index in [-0.39, 0.29) is 11.5 Å². The third-order valence-electron chi connectivity index (χ3n) is 5.08. The van der Waals surface area contributed by atoms with Gasteiger partial charge in [0.1, 0.15) is 11.9 Å². The lowest BCUT2D eigenvalue weighted by Crippen LogP contribution is -2.47. The van der Waals surface area contributed by atoms with Gasteiger partial charge in [0.05, 0.1) is 15.5 Å². The number of nitrogens with zero attached hydrogens (tertiary/aromatic N) is 1. The number of hydrogen-bond acceptors (Lipinski definition) is 3. The van der Waals surface area contributed by atoms with Crippen LogP contribution in [0, 0.1) is 5.41 Å². The molecular weight excluding hydrogens is 349 g/mol. The van der Waals surface area contributed by atoms with Crippen molar-refractivity contribution in [1.82, 2.24) is 4.90 Å². The second-order valence-electron chi connectivity index (χ2n) is 7.81. The molecule has 1 aliphatic heterocycles. The number of carbonyl (C=O) groups is 2. The molecule has 130 valence electrons. The Labute approximate surface area is 152 Å². The lowest BCUT2D eigenvalue weighted by Gasteiger charge is -2.36. The molecule has 2 aliphatic rings. The molecule has 1 saturated heterocycles. The Kier molecular flexibility index (Phi) is 4.12. The first-order valence-corrected chi connectivity index (χ1v) is 8.78. The fourth-order valence-corrected chi connectivity index (χ4v) is 4.08. The maximum absolute atomic E-state index is 12.3. The van der Waals surface area contributed by atoms with Gasteiger partial charge in [-0.05, 0) is 51.3 Å². The zero-order valence-corrected chi connectivity index (χ0v) is 15.6. The van der Waals surface area contributed by atoms with Gasteiger partial charge in [-0.1, -0.05) is 29.3 Å². The van der Waals surface area contributed by atoms with E-state index in [1.165, 1.54) is 0 Å². The second-order valence-corrected chi connectivity index (χ2v) is 8.63. The van der Waals surface area contributed by atoms with E-state index in [1.54, 1.807) is 11.0 Å². The molecule has 1 aromatic rings. The van der Waals surface area contributed by atoms with Crippen LogP contribution in [0.15, 0.2) is 18.2 Å². The number of amides is 1. The van der Waals surface area contributed by atoms with Gasteiger partial charge in [0.15, 0.2) is 0 Å². The minimum Gasteiger partial charge on any atom is -0.444 e. The molecule has 6 heteroatoms. The number of likely N-dealkylation sites (tertiary alicyclic amines) is 1. The molecule has 0 N–H and O–H groups in total. The number of carbonyl (C=O) groups excluding carboxylic acids is 2. The molecule has 3 rings (SSSR count). The quantitative estimate of drug-likeness (QED) is 0.722. The molecule has 1 aromatic carbocycles. The van der Waals surface area contributed by atoms with Gasteiger partial charge in [-0.3, -0.25) is 0 Å². The van der Waals surface area contributed by atoms with Crippen molar-refractivity contribution >= 4 is 35.6 Å². The lowest BCUT2D eigenvalue weighted by molar-refractivity contribution is -0.114. The predicted molar refractivity (Wildman–Crippen MR) is 93.7 cm³/mol. The van der Waals surface area contributed by atoms with E-state index >= 15 is 0 Å². The molecule has 2 fully saturated rings. The minimum absolute atomic E-state index is 0.249. The van der Waals surface area contributed by atoms with E-state index in [9.17, 15) is 9.59 Å². The van der Waals surface area contributed by atoms with Crippen molar-refractivity contribution in [1.29, 1.82) is 0 Å². The Hall–Kier alpha value is -1.26. The molecule has 0 unspecified atom stereocenters. The van der Waals surface area contributed by atoms with Crippen LogP contribution in [-0.2, 0) is 14.9 Å². The average Bonchev–Trinajstić information content (AvgIpc) is 3.18. The smallest absolute Gasteiger partial charge is 0.410 e. The summed E-state index contributed by atoms with van der Waals surface area (Å²) in [7, 11) is 0. The maximum Gasteiger partial charge on any atom is 0.410 e. The van der Waals surface area contributed by atoms with Gasteiger partial charge in [-0.2, -0.15) is 0 Å². The SMILES string of the molecule is CC(C)(C)OC(=O)N1CC[C@@]2(c3ccc(Cl)c(Cl)c3)C[C@@]2(C=O)C1. The highest BCUT2D eigenvalue weighted by Gasteiger charge is 2.70. The van der Waals surface area contributed by atoms with Gasteiger partial charge in [0.2, 0.25) is 0 Å². The first-order valence-electron chi connectivity index (χ1n) is 8.02. The summed E-state index contributed by atoms with van der Waals surface area (Å²) in [5.74, 6) is 0. The van der Waals surface area contributed by atoms with Crippen LogP contribution in [0.3, 0.4) is 0 Å². The van der Waals surface area contributed by atoms with Crippen LogP contribution in [0.1, 0.15) is 39.2 Å². The Morgan fingerprint density at radius 3 is 2.58 bits per heavy atom. The standard InChI is InChI=1S/C18H21Cl2NO3/c1-16(2,3)24-15(23)21-7-6-18(9-17(18,10-21)11-22)12-4-5-13(19)14(20)8-12/h4-5,8,11H,6-7,9-10H2,1-3H3/t17-,18-/m0/s1. The van der Waals surface area contributed by atoms with Gasteiger partial charge in [-0.25, -0.2) is 4.79 Å². The summed E-state index contributed by atoms with van der Waals surface area (Å²) < 4.78 is 5.44. The normalized spacial score (nSPS) is 29.0. The molecule has 1 aliphatic carbocycles. The van der Waals surface area contributed by atoms with Gasteiger partial charge in [0, 0.05) is 18.5 Å². The zero-order chi connectivity index (χ0) is 17.8. The van der Waals surface area contributed by atoms with E-state index in [0.717, 1.165) is 18.3 Å². The van der Waals surface area contributed by atoms with E-state index in [2.05, 4.69) is 0 Å². The molecule has 2 atom stereocenters. The summed E-state index contributed by atoms with van der Waals surface area (Å²) in [6.45, 7) is 6.45. The molecule has 4 nitrogen and oxygen atoms in total. The first kappa shape index (κ1) is 17.6. The molecular formula is C18H21Cl2NO3. The molecule has 0 spiro atoms. The van der Waals surface area contributed by atoms with Crippen molar-refractivity contribution in [2.75, 3.05) is 13.1 Å². The van der Waals surface area contributed by atoms with Crippen LogP contribution in [0.5, 0.6) is 0 Å². The van der Waals surface area contributed by atoms with E-state index in [0.29, 0.717) is 29.6 Å². The van der Waals surface area contributed by atoms with Gasteiger partial charge in [0.25, 0.3) is 0 Å². The van der Waals surface area contributed by atoms with Crippen LogP contribution >= 0.6 is 23.2 Å². The number of ether oxygens (including phenoxy) is 1. The van der Waals surface area contributed by atoms with Crippen LogP contribution in [-0.4, -0.2) is 36.0 Å². The number of hydrogen-bond donors (Lipinski definition) is 0. The molecule has 0 aromatic heterocycles. The van der Waals surface area contributed by atoms with Crippen molar-refractivity contribution < 1.29 is 14.3 Å². The fourth-order valence-electron chi connectivity index (χ4n) is 3.79. The summed E-state index contributed by atoms with van der Waals surface area (Å²) in [5, 5.41) is 0.991. The van der Waals surface area contributed by atoms with Crippen molar-refractivity contribution in [2.45, 2.75) is 44.6 Å². The number of benzene rings is 1. The second kappa shape index (κ2) is 5.63. The number of piperidine rings is 1. The topological polar surface area (TPSA) is 46.6 Å². The van der Waals surface area contributed by atoms with Crippen LogP contribution in [0.25, 0.3) is 0 Å². The summed E-state index contributed by atoms with van der Waals surface area (Å²) >= 11 is 12.2. The van der Waals surface area contributed by atoms with Crippen molar-refractivity contribution in [3.05, 3.63) is 33.8 Å². The predicted octanol–water partition coefficient (Wildman–Crippen LogP) is 4.46. The van der Waals surface area contributed by atoms with Gasteiger partial charge < -0.3 is 14.4 Å². The molecule has 1 saturated carbocycles. The van der Waals surface area contributed by atoms with Gasteiger partial charge in [-0.15, -0.1) is 0 Å². The summed E-state index contributed by atoms with van der Waals surface area (Å²) in [6.07, 6.45) is 2.06. The van der Waals surface area contributed by atoms with E-state index in [4.69, 9.17) is 27.9 Å². The monoisotopic (exact) mass is 369 g/mol. The highest BCUT2D eigenvalue weighted by atomic mass is 35.5. The Morgan fingerprint density at radius 1 is 1.29 bits per heavy atom. The highest BCUT2D eigenvalue weighted by molar-refractivity contribution is 6.42. The molecule has 0 bridgehead atoms. The highest BCUT2D eigenvalue weighted by Crippen LogP contribution is 2.68. The Balaban J connectivity index is 1.83. The third kappa shape index (κ3) is 2.80. The van der Waals surface area contributed by atoms with Gasteiger partial charge >= 0.3 is 6.09 Å². The molecule has 1 heterocycles. The summed E-state index contributed by atoms with van der Waals surface area (Å²) in [6, 6.07) is 5.54. The van der Waals surface area contributed by atoms with Crippen molar-refractivity contribution in [3.63, 3.8) is 0 Å². The number of aldehydes is 1. The number of fused-ring (bicyclic) bond motifs is 1. The molecule has 0 radical (unpaired) electrons. The van der Waals surface area contributed by atoms with Crippen molar-refractivity contribution in [2.24, 2.45) is 5.41 Å². The Morgan fingerprint density at radius 2 is 2.00 bits per heavy atom. The molecule has 24 heavy (non-hydrogen) atoms.